The van der Waals surface area contributed by atoms with Gasteiger partial charge in [-0.3, -0.25) is 0 Å². The van der Waals surface area contributed by atoms with Crippen molar-refractivity contribution in [3.05, 3.63) is 29.8 Å². The summed E-state index contributed by atoms with van der Waals surface area (Å²) in [4.78, 5) is 0. The van der Waals surface area contributed by atoms with Gasteiger partial charge in [-0.15, -0.1) is 0 Å². The van der Waals surface area contributed by atoms with E-state index in [0.717, 1.165) is 31.7 Å². The molecule has 0 saturated carbocycles. The Morgan fingerprint density at radius 3 is 2.94 bits per heavy atom. The third-order valence-electron chi connectivity index (χ3n) is 3.51. The van der Waals surface area contributed by atoms with E-state index in [1.807, 2.05) is 12.1 Å². The second-order valence-corrected chi connectivity index (χ2v) is 4.73. The molecule has 2 unspecified atom stereocenters. The van der Waals surface area contributed by atoms with Gasteiger partial charge >= 0.3 is 0 Å². The van der Waals surface area contributed by atoms with Crippen molar-refractivity contribution in [3.8, 4) is 5.75 Å². The van der Waals surface area contributed by atoms with Crippen LogP contribution in [0, 0.1) is 0 Å². The van der Waals surface area contributed by atoms with Gasteiger partial charge in [0, 0.05) is 12.6 Å². The fourth-order valence-corrected chi connectivity index (χ4v) is 2.63. The molecule has 1 aromatic carbocycles. The first kappa shape index (κ1) is 13.4. The van der Waals surface area contributed by atoms with Gasteiger partial charge in [0.25, 0.3) is 0 Å². The normalized spacial score (nSPS) is 20.9. The van der Waals surface area contributed by atoms with Crippen molar-refractivity contribution >= 4 is 0 Å². The first-order chi connectivity index (χ1) is 8.85. The van der Waals surface area contributed by atoms with E-state index in [-0.39, 0.29) is 0 Å². The van der Waals surface area contributed by atoms with Crippen LogP contribution in [0.4, 0.5) is 0 Å². The molecule has 0 bridgehead atoms. The zero-order valence-electron chi connectivity index (χ0n) is 11.3. The molecule has 0 aromatic heterocycles. The van der Waals surface area contributed by atoms with Crippen LogP contribution in [-0.4, -0.2) is 32.4 Å². The van der Waals surface area contributed by atoms with Crippen molar-refractivity contribution in [2.75, 3.05) is 20.3 Å². The highest BCUT2D eigenvalue weighted by Gasteiger charge is 2.26. The molecule has 0 radical (unpaired) electrons. The molecule has 2 rings (SSSR count). The van der Waals surface area contributed by atoms with E-state index in [0.29, 0.717) is 12.1 Å². The Bertz CT molecular complexity index is 361. The molecule has 1 fully saturated rings. The number of rotatable bonds is 6. The number of methoxy groups -OCH3 is 1. The van der Waals surface area contributed by atoms with Crippen LogP contribution < -0.4 is 10.1 Å². The molecule has 1 aromatic rings. The maximum absolute atomic E-state index is 5.81. The van der Waals surface area contributed by atoms with Gasteiger partial charge in [0.15, 0.2) is 0 Å². The van der Waals surface area contributed by atoms with E-state index in [1.165, 1.54) is 12.0 Å². The van der Waals surface area contributed by atoms with Crippen LogP contribution in [0.15, 0.2) is 24.3 Å². The Morgan fingerprint density at radius 1 is 1.44 bits per heavy atom. The molecule has 1 aliphatic rings. The van der Waals surface area contributed by atoms with Gasteiger partial charge in [0.2, 0.25) is 0 Å². The molecule has 1 aliphatic heterocycles. The highest BCUT2D eigenvalue weighted by molar-refractivity contribution is 5.34. The predicted molar refractivity (Wildman–Crippen MR) is 73.1 cm³/mol. The molecule has 3 heteroatoms. The number of hydrogen-bond donors (Lipinski definition) is 1. The summed E-state index contributed by atoms with van der Waals surface area (Å²) in [5, 5.41) is 3.54. The molecular weight excluding hydrogens is 226 g/mol. The van der Waals surface area contributed by atoms with Crippen molar-refractivity contribution in [2.24, 2.45) is 0 Å². The number of hydrogen-bond acceptors (Lipinski definition) is 3. The van der Waals surface area contributed by atoms with Gasteiger partial charge in [0.1, 0.15) is 5.75 Å². The first-order valence-electron chi connectivity index (χ1n) is 6.82. The van der Waals surface area contributed by atoms with Gasteiger partial charge < -0.3 is 14.8 Å². The highest BCUT2D eigenvalue weighted by Crippen LogP contribution is 2.23. The molecule has 1 heterocycles. The van der Waals surface area contributed by atoms with Crippen molar-refractivity contribution in [3.63, 3.8) is 0 Å². The van der Waals surface area contributed by atoms with E-state index < -0.39 is 0 Å². The third kappa shape index (κ3) is 3.24. The zero-order valence-corrected chi connectivity index (χ0v) is 11.3. The summed E-state index contributed by atoms with van der Waals surface area (Å²) in [7, 11) is 1.73. The lowest BCUT2D eigenvalue weighted by molar-refractivity contribution is 0.0787. The summed E-state index contributed by atoms with van der Waals surface area (Å²) in [6.07, 6.45) is 3.64. The van der Waals surface area contributed by atoms with Crippen molar-refractivity contribution in [1.29, 1.82) is 0 Å². The second-order valence-electron chi connectivity index (χ2n) is 4.73. The maximum Gasteiger partial charge on any atom is 0.122 e. The summed E-state index contributed by atoms with van der Waals surface area (Å²) in [6, 6.07) is 8.62. The van der Waals surface area contributed by atoms with Crippen LogP contribution in [0.1, 0.15) is 25.3 Å². The molecule has 1 saturated heterocycles. The van der Waals surface area contributed by atoms with Crippen LogP contribution >= 0.6 is 0 Å². The van der Waals surface area contributed by atoms with Crippen LogP contribution in [-0.2, 0) is 11.2 Å². The van der Waals surface area contributed by atoms with Gasteiger partial charge in [-0.25, -0.2) is 0 Å². The minimum absolute atomic E-state index is 0.342. The van der Waals surface area contributed by atoms with E-state index in [4.69, 9.17) is 9.47 Å². The molecule has 2 atom stereocenters. The maximum atomic E-state index is 5.81. The fourth-order valence-electron chi connectivity index (χ4n) is 2.63. The first-order valence-corrected chi connectivity index (χ1v) is 6.82. The molecule has 0 aliphatic carbocycles. The monoisotopic (exact) mass is 249 g/mol. The molecular formula is C15H23NO2. The lowest BCUT2D eigenvalue weighted by Gasteiger charge is -2.24. The minimum atomic E-state index is 0.342. The summed E-state index contributed by atoms with van der Waals surface area (Å²) >= 11 is 0. The average Bonchev–Trinajstić information content (AvgIpc) is 2.92. The van der Waals surface area contributed by atoms with Crippen LogP contribution in [0.3, 0.4) is 0 Å². The SMILES string of the molecule is CCNC(Cc1ccccc1OC)C1CCCO1. The van der Waals surface area contributed by atoms with E-state index in [2.05, 4.69) is 24.4 Å². The molecule has 100 valence electrons. The quantitative estimate of drug-likeness (QED) is 0.839. The second kappa shape index (κ2) is 6.76. The van der Waals surface area contributed by atoms with Crippen molar-refractivity contribution < 1.29 is 9.47 Å². The van der Waals surface area contributed by atoms with Gasteiger partial charge in [0.05, 0.1) is 13.2 Å². The Hall–Kier alpha value is -1.06. The zero-order chi connectivity index (χ0) is 12.8. The van der Waals surface area contributed by atoms with Gasteiger partial charge in [-0.1, -0.05) is 25.1 Å². The Labute approximate surface area is 109 Å². The largest absolute Gasteiger partial charge is 0.496 e. The summed E-state index contributed by atoms with van der Waals surface area (Å²) in [5.41, 5.74) is 1.25. The number of benzene rings is 1. The number of likely N-dealkylation sites (N-methyl/N-ethyl adjacent to an activating group) is 1. The van der Waals surface area contributed by atoms with Crippen LogP contribution in [0.25, 0.3) is 0 Å². The lowest BCUT2D eigenvalue weighted by Crippen LogP contribution is -2.41. The smallest absolute Gasteiger partial charge is 0.122 e. The van der Waals surface area contributed by atoms with Gasteiger partial charge in [-0.2, -0.15) is 0 Å². The Kier molecular flexibility index (Phi) is 5.02. The van der Waals surface area contributed by atoms with Crippen molar-refractivity contribution in [1.82, 2.24) is 5.32 Å². The summed E-state index contributed by atoms with van der Waals surface area (Å²) in [6.45, 7) is 4.02. The standard InChI is InChI=1S/C15H23NO2/c1-3-16-13(15-9-6-10-18-15)11-12-7-4-5-8-14(12)17-2/h4-5,7-8,13,15-16H,3,6,9-11H2,1-2H3. The number of ether oxygens (including phenoxy) is 2. The summed E-state index contributed by atoms with van der Waals surface area (Å²) in [5.74, 6) is 0.971. The molecule has 0 spiro atoms. The molecule has 0 amide bonds. The highest BCUT2D eigenvalue weighted by atomic mass is 16.5. The predicted octanol–water partition coefficient (Wildman–Crippen LogP) is 2.39. The fraction of sp³-hybridized carbons (Fsp3) is 0.600. The minimum Gasteiger partial charge on any atom is -0.496 e. The molecule has 1 N–H and O–H groups in total. The van der Waals surface area contributed by atoms with E-state index >= 15 is 0 Å². The van der Waals surface area contributed by atoms with E-state index in [9.17, 15) is 0 Å². The van der Waals surface area contributed by atoms with Crippen LogP contribution in [0.2, 0.25) is 0 Å². The van der Waals surface area contributed by atoms with Crippen molar-refractivity contribution in [2.45, 2.75) is 38.3 Å². The molecule has 3 nitrogen and oxygen atoms in total. The Morgan fingerprint density at radius 2 is 2.28 bits per heavy atom. The molecule has 18 heavy (non-hydrogen) atoms. The van der Waals surface area contributed by atoms with E-state index in [1.54, 1.807) is 7.11 Å². The third-order valence-corrected chi connectivity index (χ3v) is 3.51. The van der Waals surface area contributed by atoms with Crippen LogP contribution in [0.5, 0.6) is 5.75 Å². The number of nitrogens with one attached hydrogen (secondary N) is 1. The number of para-hydroxylation sites is 1. The lowest BCUT2D eigenvalue weighted by atomic mass is 9.98. The summed E-state index contributed by atoms with van der Waals surface area (Å²) < 4.78 is 11.2. The van der Waals surface area contributed by atoms with Gasteiger partial charge in [-0.05, 0) is 37.4 Å². The topological polar surface area (TPSA) is 30.5 Å². The Balaban J connectivity index is 2.07. The average molecular weight is 249 g/mol.